The van der Waals surface area contributed by atoms with E-state index in [1.807, 2.05) is 46.7 Å². The van der Waals surface area contributed by atoms with Crippen LogP contribution in [0, 0.1) is 5.92 Å². The van der Waals surface area contributed by atoms with E-state index < -0.39 is 0 Å². The van der Waals surface area contributed by atoms with Crippen molar-refractivity contribution in [3.8, 4) is 0 Å². The molecule has 0 saturated heterocycles. The summed E-state index contributed by atoms with van der Waals surface area (Å²) in [5, 5.41) is 0.890. The van der Waals surface area contributed by atoms with Gasteiger partial charge in [0, 0.05) is 5.25 Å². The average molecular weight is 219 g/mol. The second kappa shape index (κ2) is 13.3. The summed E-state index contributed by atoms with van der Waals surface area (Å²) >= 11 is 1.90. The molecule has 0 unspecified atom stereocenters. The Morgan fingerprint density at radius 1 is 0.929 bits per heavy atom. The smallest absolute Gasteiger partial charge is 0.0193 e. The highest BCUT2D eigenvalue weighted by atomic mass is 32.2. The maximum Gasteiger partial charge on any atom is 0.0193 e. The van der Waals surface area contributed by atoms with Crippen molar-refractivity contribution in [3.05, 3.63) is 0 Å². The predicted molar refractivity (Wildman–Crippen MR) is 70.8 cm³/mol. The first kappa shape index (κ1) is 16.7. The van der Waals surface area contributed by atoms with Crippen molar-refractivity contribution in [2.75, 3.05) is 7.05 Å². The van der Waals surface area contributed by atoms with Gasteiger partial charge in [-0.15, -0.1) is 0 Å². The lowest BCUT2D eigenvalue weighted by atomic mass is 9.91. The van der Waals surface area contributed by atoms with E-state index in [4.69, 9.17) is 0 Å². The maximum atomic E-state index is 3.17. The maximum absolute atomic E-state index is 3.17. The molecule has 1 saturated carbocycles. The summed E-state index contributed by atoms with van der Waals surface area (Å²) in [5.41, 5.74) is 0. The minimum atomic E-state index is 0.890. The van der Waals surface area contributed by atoms with Gasteiger partial charge in [-0.3, -0.25) is 4.72 Å². The molecule has 0 aromatic rings. The summed E-state index contributed by atoms with van der Waals surface area (Å²) in [5.74, 6) is 0.980. The molecular formula is C12H29NS. The van der Waals surface area contributed by atoms with Crippen molar-refractivity contribution in [1.29, 1.82) is 0 Å². The lowest BCUT2D eigenvalue weighted by molar-refractivity contribution is 0.393. The molecule has 0 bridgehead atoms. The molecule has 0 amide bonds. The van der Waals surface area contributed by atoms with Crippen LogP contribution in [-0.2, 0) is 0 Å². The number of hydrogen-bond acceptors (Lipinski definition) is 2. The fourth-order valence-electron chi connectivity index (χ4n) is 1.51. The molecule has 0 radical (unpaired) electrons. The number of nitrogens with one attached hydrogen (secondary N) is 1. The van der Waals surface area contributed by atoms with Crippen LogP contribution in [0.4, 0.5) is 0 Å². The third-order valence-electron chi connectivity index (χ3n) is 2.25. The SMILES string of the molecule is CC.CC.CNSC1CCC(C)CC1. The van der Waals surface area contributed by atoms with Gasteiger partial charge in [0.2, 0.25) is 0 Å². The Hall–Kier alpha value is 0.310. The van der Waals surface area contributed by atoms with Crippen molar-refractivity contribution >= 4 is 11.9 Å². The molecule has 1 fully saturated rings. The van der Waals surface area contributed by atoms with Gasteiger partial charge in [0.15, 0.2) is 0 Å². The van der Waals surface area contributed by atoms with Crippen LogP contribution in [0.3, 0.4) is 0 Å². The van der Waals surface area contributed by atoms with Crippen molar-refractivity contribution < 1.29 is 0 Å². The zero-order valence-corrected chi connectivity index (χ0v) is 11.7. The van der Waals surface area contributed by atoms with Crippen LogP contribution in [0.25, 0.3) is 0 Å². The molecule has 1 nitrogen and oxygen atoms in total. The Balaban J connectivity index is 0. The monoisotopic (exact) mass is 219 g/mol. The van der Waals surface area contributed by atoms with E-state index in [1.54, 1.807) is 0 Å². The molecule has 0 atom stereocenters. The van der Waals surface area contributed by atoms with E-state index in [9.17, 15) is 0 Å². The van der Waals surface area contributed by atoms with E-state index in [0.29, 0.717) is 0 Å². The topological polar surface area (TPSA) is 12.0 Å². The van der Waals surface area contributed by atoms with Gasteiger partial charge in [0.1, 0.15) is 0 Å². The van der Waals surface area contributed by atoms with Gasteiger partial charge >= 0.3 is 0 Å². The second-order valence-electron chi connectivity index (χ2n) is 3.20. The zero-order valence-electron chi connectivity index (χ0n) is 10.9. The summed E-state index contributed by atoms with van der Waals surface area (Å²) in [6.45, 7) is 10.4. The lowest BCUT2D eigenvalue weighted by Crippen LogP contribution is -2.16. The molecule has 1 aliphatic rings. The van der Waals surface area contributed by atoms with Crippen LogP contribution in [-0.4, -0.2) is 12.3 Å². The van der Waals surface area contributed by atoms with E-state index in [1.165, 1.54) is 25.7 Å². The summed E-state index contributed by atoms with van der Waals surface area (Å²) in [4.78, 5) is 0. The molecular weight excluding hydrogens is 190 g/mol. The molecule has 1 N–H and O–H groups in total. The van der Waals surface area contributed by atoms with Gasteiger partial charge in [0.05, 0.1) is 0 Å². The minimum Gasteiger partial charge on any atom is -0.267 e. The molecule has 0 spiro atoms. The molecule has 14 heavy (non-hydrogen) atoms. The van der Waals surface area contributed by atoms with Crippen LogP contribution in [0.15, 0.2) is 0 Å². The van der Waals surface area contributed by atoms with Crippen LogP contribution in [0.2, 0.25) is 0 Å². The standard InChI is InChI=1S/C8H17NS.2C2H6/c1-7-3-5-8(6-4-7)10-9-2;2*1-2/h7-9H,3-6H2,1-2H3;2*1-2H3. The van der Waals surface area contributed by atoms with Gasteiger partial charge in [0.25, 0.3) is 0 Å². The summed E-state index contributed by atoms with van der Waals surface area (Å²) in [6, 6.07) is 0. The Bertz CT molecular complexity index is 88.3. The first-order valence-corrected chi connectivity index (χ1v) is 7.03. The third kappa shape index (κ3) is 8.89. The van der Waals surface area contributed by atoms with E-state index in [-0.39, 0.29) is 0 Å². The van der Waals surface area contributed by atoms with Gasteiger partial charge in [-0.2, -0.15) is 0 Å². The van der Waals surface area contributed by atoms with Crippen LogP contribution in [0.1, 0.15) is 60.3 Å². The van der Waals surface area contributed by atoms with Crippen molar-refractivity contribution in [2.24, 2.45) is 5.92 Å². The fraction of sp³-hybridized carbons (Fsp3) is 1.00. The predicted octanol–water partition coefficient (Wildman–Crippen LogP) is 4.49. The zero-order chi connectivity index (χ0) is 11.4. The molecule has 1 aliphatic carbocycles. The summed E-state index contributed by atoms with van der Waals surface area (Å²) in [6.07, 6.45) is 5.68. The van der Waals surface area contributed by atoms with Gasteiger partial charge < -0.3 is 0 Å². The Kier molecular flexibility index (Phi) is 15.9. The summed E-state index contributed by atoms with van der Waals surface area (Å²) in [7, 11) is 2.02. The fourth-order valence-corrected chi connectivity index (χ4v) is 2.36. The van der Waals surface area contributed by atoms with E-state index in [0.717, 1.165) is 11.2 Å². The third-order valence-corrected chi connectivity index (χ3v) is 3.29. The van der Waals surface area contributed by atoms with Crippen LogP contribution >= 0.6 is 11.9 Å². The Morgan fingerprint density at radius 3 is 1.71 bits per heavy atom. The normalized spacial score (nSPS) is 25.3. The first-order chi connectivity index (χ1) is 6.83. The molecule has 0 aromatic carbocycles. The van der Waals surface area contributed by atoms with Gasteiger partial charge in [-0.1, -0.05) is 46.6 Å². The van der Waals surface area contributed by atoms with E-state index in [2.05, 4.69) is 11.6 Å². The largest absolute Gasteiger partial charge is 0.267 e. The van der Waals surface area contributed by atoms with Crippen molar-refractivity contribution in [1.82, 2.24) is 4.72 Å². The van der Waals surface area contributed by atoms with Gasteiger partial charge in [-0.25, -0.2) is 0 Å². The average Bonchev–Trinajstić information content (AvgIpc) is 2.28. The van der Waals surface area contributed by atoms with Gasteiger partial charge in [-0.05, 0) is 38.6 Å². The second-order valence-corrected chi connectivity index (χ2v) is 4.51. The van der Waals surface area contributed by atoms with Crippen LogP contribution in [0.5, 0.6) is 0 Å². The van der Waals surface area contributed by atoms with Crippen LogP contribution < -0.4 is 4.72 Å². The lowest BCUT2D eigenvalue weighted by Gasteiger charge is -2.24. The van der Waals surface area contributed by atoms with Crippen molar-refractivity contribution in [3.63, 3.8) is 0 Å². The highest BCUT2D eigenvalue weighted by molar-refractivity contribution is 7.98. The Labute approximate surface area is 95.6 Å². The Morgan fingerprint density at radius 2 is 1.36 bits per heavy atom. The summed E-state index contributed by atoms with van der Waals surface area (Å²) < 4.78 is 3.17. The van der Waals surface area contributed by atoms with Crippen molar-refractivity contribution in [2.45, 2.75) is 65.6 Å². The van der Waals surface area contributed by atoms with E-state index >= 15 is 0 Å². The molecule has 0 aromatic heterocycles. The highest BCUT2D eigenvalue weighted by Gasteiger charge is 2.17. The molecule has 0 aliphatic heterocycles. The quantitative estimate of drug-likeness (QED) is 0.687. The number of rotatable bonds is 2. The molecule has 88 valence electrons. The number of hydrogen-bond donors (Lipinski definition) is 1. The minimum absolute atomic E-state index is 0.890. The molecule has 2 heteroatoms. The highest BCUT2D eigenvalue weighted by Crippen LogP contribution is 2.29. The molecule has 1 rings (SSSR count). The molecule has 0 heterocycles. The first-order valence-electron chi connectivity index (χ1n) is 6.15.